The van der Waals surface area contributed by atoms with E-state index in [2.05, 4.69) is 67.1 Å². The van der Waals surface area contributed by atoms with Crippen molar-refractivity contribution in [1.82, 2.24) is 0 Å². The third-order valence-corrected chi connectivity index (χ3v) is 4.10. The van der Waals surface area contributed by atoms with E-state index in [0.29, 0.717) is 0 Å². The molecule has 0 aromatic heterocycles. The Morgan fingerprint density at radius 3 is 1.67 bits per heavy atom. The van der Waals surface area contributed by atoms with Crippen LogP contribution < -0.4 is 0 Å². The van der Waals surface area contributed by atoms with Gasteiger partial charge in [0.15, 0.2) is 0 Å². The van der Waals surface area contributed by atoms with Crippen molar-refractivity contribution in [3.8, 4) is 0 Å². The maximum absolute atomic E-state index is 2.53. The SMILES string of the molecule is [CH]1CCCCC1(c1ccccc1)c1ccccc1. The fraction of sp³-hybridized carbons (Fsp3) is 0.278. The van der Waals surface area contributed by atoms with Crippen molar-refractivity contribution in [2.24, 2.45) is 0 Å². The van der Waals surface area contributed by atoms with E-state index in [0.717, 1.165) is 0 Å². The van der Waals surface area contributed by atoms with E-state index in [1.807, 2.05) is 0 Å². The minimum absolute atomic E-state index is 0.140. The van der Waals surface area contributed by atoms with Crippen LogP contribution in [0.5, 0.6) is 0 Å². The van der Waals surface area contributed by atoms with Crippen LogP contribution in [0.25, 0.3) is 0 Å². The third-order valence-electron chi connectivity index (χ3n) is 4.10. The zero-order chi connectivity index (χ0) is 12.3. The molecule has 0 heterocycles. The first-order valence-electron chi connectivity index (χ1n) is 6.87. The van der Waals surface area contributed by atoms with E-state index >= 15 is 0 Å². The van der Waals surface area contributed by atoms with Gasteiger partial charge in [0.1, 0.15) is 0 Å². The highest BCUT2D eigenvalue weighted by molar-refractivity contribution is 5.43. The van der Waals surface area contributed by atoms with Crippen molar-refractivity contribution >= 4 is 0 Å². The lowest BCUT2D eigenvalue weighted by atomic mass is 9.65. The summed E-state index contributed by atoms with van der Waals surface area (Å²) in [4.78, 5) is 0. The lowest BCUT2D eigenvalue weighted by molar-refractivity contribution is 0.434. The Kier molecular flexibility index (Phi) is 3.19. The molecule has 1 saturated carbocycles. The minimum Gasteiger partial charge on any atom is -0.0622 e. The van der Waals surface area contributed by atoms with Crippen molar-refractivity contribution in [3.05, 3.63) is 78.2 Å². The molecule has 1 fully saturated rings. The van der Waals surface area contributed by atoms with Gasteiger partial charge in [-0.15, -0.1) is 0 Å². The van der Waals surface area contributed by atoms with Gasteiger partial charge < -0.3 is 0 Å². The molecule has 0 N–H and O–H groups in total. The lowest BCUT2D eigenvalue weighted by Crippen LogP contribution is -2.31. The minimum atomic E-state index is 0.140. The number of hydrogen-bond donors (Lipinski definition) is 0. The van der Waals surface area contributed by atoms with Crippen LogP contribution in [0.1, 0.15) is 36.8 Å². The first-order valence-corrected chi connectivity index (χ1v) is 6.87. The van der Waals surface area contributed by atoms with Gasteiger partial charge >= 0.3 is 0 Å². The normalized spacial score (nSPS) is 18.4. The monoisotopic (exact) mass is 235 g/mol. The predicted molar refractivity (Wildman–Crippen MR) is 76.4 cm³/mol. The molecule has 0 bridgehead atoms. The van der Waals surface area contributed by atoms with E-state index in [9.17, 15) is 0 Å². The van der Waals surface area contributed by atoms with Gasteiger partial charge in [-0.3, -0.25) is 0 Å². The molecule has 0 heteroatoms. The summed E-state index contributed by atoms with van der Waals surface area (Å²) in [6.45, 7) is 0. The third kappa shape index (κ3) is 1.96. The fourth-order valence-corrected chi connectivity index (χ4v) is 3.16. The van der Waals surface area contributed by atoms with Crippen molar-refractivity contribution in [1.29, 1.82) is 0 Å². The average Bonchev–Trinajstić information content (AvgIpc) is 2.50. The van der Waals surface area contributed by atoms with Crippen molar-refractivity contribution in [2.75, 3.05) is 0 Å². The molecule has 0 nitrogen and oxygen atoms in total. The molecule has 18 heavy (non-hydrogen) atoms. The Balaban J connectivity index is 2.10. The molecule has 91 valence electrons. The summed E-state index contributed by atoms with van der Waals surface area (Å²) in [7, 11) is 0. The first kappa shape index (κ1) is 11.5. The van der Waals surface area contributed by atoms with Gasteiger partial charge in [0.2, 0.25) is 0 Å². The molecule has 0 atom stereocenters. The zero-order valence-corrected chi connectivity index (χ0v) is 10.7. The molecular formula is C18H19. The number of hydrogen-bond acceptors (Lipinski definition) is 0. The Morgan fingerprint density at radius 2 is 1.22 bits per heavy atom. The van der Waals surface area contributed by atoms with Gasteiger partial charge in [-0.05, 0) is 30.4 Å². The molecule has 1 aliphatic rings. The van der Waals surface area contributed by atoms with Crippen LogP contribution in [0.4, 0.5) is 0 Å². The summed E-state index contributed by atoms with van der Waals surface area (Å²) < 4.78 is 0. The molecular weight excluding hydrogens is 216 g/mol. The van der Waals surface area contributed by atoms with Gasteiger partial charge in [-0.1, -0.05) is 73.5 Å². The zero-order valence-electron chi connectivity index (χ0n) is 10.7. The smallest absolute Gasteiger partial charge is 0.0234 e. The van der Waals surface area contributed by atoms with Crippen LogP contribution in [0.3, 0.4) is 0 Å². The molecule has 0 spiro atoms. The Labute approximate surface area is 110 Å². The Morgan fingerprint density at radius 1 is 0.667 bits per heavy atom. The second-order valence-electron chi connectivity index (χ2n) is 5.15. The van der Waals surface area contributed by atoms with Crippen LogP contribution in [-0.4, -0.2) is 0 Å². The van der Waals surface area contributed by atoms with Crippen molar-refractivity contribution < 1.29 is 0 Å². The van der Waals surface area contributed by atoms with Crippen LogP contribution >= 0.6 is 0 Å². The highest BCUT2D eigenvalue weighted by atomic mass is 14.4. The van der Waals surface area contributed by atoms with Gasteiger partial charge in [0, 0.05) is 5.41 Å². The Hall–Kier alpha value is -1.56. The van der Waals surface area contributed by atoms with Crippen LogP contribution in [0, 0.1) is 6.42 Å². The summed E-state index contributed by atoms with van der Waals surface area (Å²) in [6, 6.07) is 21.9. The molecule has 0 saturated heterocycles. The fourth-order valence-electron chi connectivity index (χ4n) is 3.16. The van der Waals surface area contributed by atoms with Crippen LogP contribution in [0.2, 0.25) is 0 Å². The van der Waals surface area contributed by atoms with Gasteiger partial charge in [0.25, 0.3) is 0 Å². The number of rotatable bonds is 2. The molecule has 0 amide bonds. The quantitative estimate of drug-likeness (QED) is 0.704. The maximum Gasteiger partial charge on any atom is 0.0234 e. The second kappa shape index (κ2) is 4.97. The van der Waals surface area contributed by atoms with E-state index < -0.39 is 0 Å². The average molecular weight is 235 g/mol. The highest BCUT2D eigenvalue weighted by Gasteiger charge is 2.35. The summed E-state index contributed by atoms with van der Waals surface area (Å²) in [5, 5.41) is 0. The summed E-state index contributed by atoms with van der Waals surface area (Å²) >= 11 is 0. The molecule has 2 aromatic carbocycles. The Bertz CT molecular complexity index is 436. The topological polar surface area (TPSA) is 0 Å². The first-order chi connectivity index (χ1) is 8.92. The second-order valence-corrected chi connectivity index (χ2v) is 5.15. The highest BCUT2D eigenvalue weighted by Crippen LogP contribution is 2.43. The lowest BCUT2D eigenvalue weighted by Gasteiger charge is -2.38. The largest absolute Gasteiger partial charge is 0.0622 e. The molecule has 2 aromatic rings. The molecule has 1 radical (unpaired) electrons. The van der Waals surface area contributed by atoms with E-state index in [1.54, 1.807) is 0 Å². The molecule has 0 aliphatic heterocycles. The van der Waals surface area contributed by atoms with Crippen LogP contribution in [-0.2, 0) is 5.41 Å². The number of benzene rings is 2. The standard InChI is InChI=1S/C18H19/c1-4-10-16(11-5-1)18(14-8-3-9-15-18)17-12-6-2-7-13-17/h1-2,4-7,10-14H,3,8-9,15H2. The molecule has 0 unspecified atom stereocenters. The van der Waals surface area contributed by atoms with Crippen LogP contribution in [0.15, 0.2) is 60.7 Å². The maximum atomic E-state index is 2.53. The van der Waals surface area contributed by atoms with E-state index in [-0.39, 0.29) is 5.41 Å². The summed E-state index contributed by atoms with van der Waals surface area (Å²) in [5.41, 5.74) is 3.02. The summed E-state index contributed by atoms with van der Waals surface area (Å²) in [5.74, 6) is 0. The van der Waals surface area contributed by atoms with E-state index in [4.69, 9.17) is 0 Å². The van der Waals surface area contributed by atoms with Crippen molar-refractivity contribution in [3.63, 3.8) is 0 Å². The van der Waals surface area contributed by atoms with E-state index in [1.165, 1.54) is 36.8 Å². The van der Waals surface area contributed by atoms with Gasteiger partial charge in [-0.2, -0.15) is 0 Å². The molecule has 1 aliphatic carbocycles. The van der Waals surface area contributed by atoms with Gasteiger partial charge in [0.05, 0.1) is 0 Å². The predicted octanol–water partition coefficient (Wildman–Crippen LogP) is 4.75. The summed E-state index contributed by atoms with van der Waals surface area (Å²) in [6.07, 6.45) is 7.65. The van der Waals surface area contributed by atoms with Crippen molar-refractivity contribution in [2.45, 2.75) is 31.1 Å². The van der Waals surface area contributed by atoms with Gasteiger partial charge in [-0.25, -0.2) is 0 Å². The molecule has 3 rings (SSSR count).